The number of nitrogens with zero attached hydrogens (tertiary/aromatic N) is 2. The molecule has 18 heavy (non-hydrogen) atoms. The second-order valence-corrected chi connectivity index (χ2v) is 4.03. The van der Waals surface area contributed by atoms with Gasteiger partial charge in [0.1, 0.15) is 0 Å². The molecule has 0 aliphatic heterocycles. The number of nitrogens with two attached hydrogens (primary N) is 1. The van der Waals surface area contributed by atoms with Crippen molar-refractivity contribution in [3.05, 3.63) is 0 Å². The third-order valence-corrected chi connectivity index (χ3v) is 2.51. The Hall–Kier alpha value is -1.79. The van der Waals surface area contributed by atoms with Gasteiger partial charge in [-0.3, -0.25) is 9.59 Å². The molecule has 0 bridgehead atoms. The molecule has 0 fully saturated rings. The lowest BCUT2D eigenvalue weighted by Gasteiger charge is -2.21. The highest BCUT2D eigenvalue weighted by Crippen LogP contribution is 2.06. The Kier molecular flexibility index (Phi) is 7.50. The molecule has 0 aliphatic carbocycles. The van der Waals surface area contributed by atoms with Gasteiger partial charge in [0.15, 0.2) is 5.84 Å². The van der Waals surface area contributed by atoms with Crippen LogP contribution in [0.5, 0.6) is 0 Å². The first-order valence-corrected chi connectivity index (χ1v) is 5.96. The lowest BCUT2D eigenvalue weighted by molar-refractivity contribution is -0.136. The number of carbonyl (C=O) groups excluding carboxylic acids is 2. The zero-order valence-electron chi connectivity index (χ0n) is 11.1. The summed E-state index contributed by atoms with van der Waals surface area (Å²) in [5.74, 6) is -1.39. The molecule has 0 aromatic carbocycles. The van der Waals surface area contributed by atoms with E-state index < -0.39 is 5.92 Å². The van der Waals surface area contributed by atoms with Crippen molar-refractivity contribution in [1.82, 2.24) is 10.2 Å². The summed E-state index contributed by atoms with van der Waals surface area (Å²) in [7, 11) is 1.52. The van der Waals surface area contributed by atoms with Gasteiger partial charge in [0, 0.05) is 13.6 Å². The topological polar surface area (TPSA) is 108 Å². The number of nitrogens with one attached hydrogen (secondary N) is 1. The van der Waals surface area contributed by atoms with Crippen molar-refractivity contribution in [3.8, 4) is 0 Å². The molecule has 4 N–H and O–H groups in total. The van der Waals surface area contributed by atoms with E-state index in [4.69, 9.17) is 10.9 Å². The molecule has 0 saturated carbocycles. The fourth-order valence-electron chi connectivity index (χ4n) is 1.46. The van der Waals surface area contributed by atoms with E-state index >= 15 is 0 Å². The molecular weight excluding hydrogens is 236 g/mol. The number of likely N-dealkylation sites (N-methyl/N-ethyl adjacent to an activating group) is 1. The summed E-state index contributed by atoms with van der Waals surface area (Å²) >= 11 is 0. The number of amidine groups is 1. The number of hydrogen-bond donors (Lipinski definition) is 3. The van der Waals surface area contributed by atoms with Crippen LogP contribution in [0.15, 0.2) is 5.16 Å². The highest BCUT2D eigenvalue weighted by atomic mass is 16.4. The van der Waals surface area contributed by atoms with Gasteiger partial charge in [-0.25, -0.2) is 0 Å². The molecule has 0 aliphatic rings. The Morgan fingerprint density at radius 1 is 1.44 bits per heavy atom. The van der Waals surface area contributed by atoms with Gasteiger partial charge in [-0.05, 0) is 12.8 Å². The van der Waals surface area contributed by atoms with Crippen LogP contribution in [0.2, 0.25) is 0 Å². The molecule has 1 atom stereocenters. The van der Waals surface area contributed by atoms with Crippen LogP contribution in [0.3, 0.4) is 0 Å². The van der Waals surface area contributed by atoms with Crippen molar-refractivity contribution in [2.24, 2.45) is 16.8 Å². The zero-order valence-corrected chi connectivity index (χ0v) is 11.1. The van der Waals surface area contributed by atoms with Crippen LogP contribution in [-0.4, -0.2) is 47.9 Å². The molecule has 0 aromatic heterocycles. The molecule has 0 saturated heterocycles. The Labute approximate surface area is 107 Å². The van der Waals surface area contributed by atoms with Crippen LogP contribution in [-0.2, 0) is 9.59 Å². The fourth-order valence-corrected chi connectivity index (χ4v) is 1.46. The molecule has 104 valence electrons. The lowest BCUT2D eigenvalue weighted by atomic mass is 10.0. The Morgan fingerprint density at radius 3 is 2.50 bits per heavy atom. The summed E-state index contributed by atoms with van der Waals surface area (Å²) in [6.45, 7) is 4.25. The van der Waals surface area contributed by atoms with E-state index in [9.17, 15) is 9.59 Å². The predicted molar refractivity (Wildman–Crippen MR) is 68.1 cm³/mol. The molecular formula is C11H22N4O3. The van der Waals surface area contributed by atoms with Crippen molar-refractivity contribution in [3.63, 3.8) is 0 Å². The number of rotatable bonds is 7. The van der Waals surface area contributed by atoms with Gasteiger partial charge in [-0.1, -0.05) is 19.0 Å². The molecule has 2 amide bonds. The molecule has 1 unspecified atom stereocenters. The SMILES string of the molecule is CCCNC(=O)CN(C)C(=O)C(CC)C(N)=NO. The average Bonchev–Trinajstić information content (AvgIpc) is 2.36. The van der Waals surface area contributed by atoms with E-state index in [1.807, 2.05) is 6.92 Å². The average molecular weight is 258 g/mol. The van der Waals surface area contributed by atoms with E-state index in [1.165, 1.54) is 11.9 Å². The first-order chi connectivity index (χ1) is 8.47. The molecule has 0 spiro atoms. The maximum atomic E-state index is 12.0. The second-order valence-electron chi connectivity index (χ2n) is 4.03. The van der Waals surface area contributed by atoms with E-state index in [0.717, 1.165) is 6.42 Å². The summed E-state index contributed by atoms with van der Waals surface area (Å²) < 4.78 is 0. The third-order valence-electron chi connectivity index (χ3n) is 2.51. The Morgan fingerprint density at radius 2 is 2.06 bits per heavy atom. The summed E-state index contributed by atoms with van der Waals surface area (Å²) in [4.78, 5) is 24.7. The third kappa shape index (κ3) is 5.03. The van der Waals surface area contributed by atoms with E-state index in [2.05, 4.69) is 10.5 Å². The minimum absolute atomic E-state index is 0.0337. The van der Waals surface area contributed by atoms with Gasteiger partial charge in [-0.2, -0.15) is 0 Å². The largest absolute Gasteiger partial charge is 0.409 e. The first-order valence-electron chi connectivity index (χ1n) is 5.96. The fraction of sp³-hybridized carbons (Fsp3) is 0.727. The zero-order chi connectivity index (χ0) is 14.1. The van der Waals surface area contributed by atoms with Crippen molar-refractivity contribution in [1.29, 1.82) is 0 Å². The molecule has 0 aromatic rings. The van der Waals surface area contributed by atoms with Crippen LogP contribution in [0.1, 0.15) is 26.7 Å². The van der Waals surface area contributed by atoms with Gasteiger partial charge < -0.3 is 21.2 Å². The van der Waals surface area contributed by atoms with Crippen LogP contribution in [0, 0.1) is 5.92 Å². The van der Waals surface area contributed by atoms with Gasteiger partial charge in [0.2, 0.25) is 11.8 Å². The van der Waals surface area contributed by atoms with Gasteiger partial charge in [0.25, 0.3) is 0 Å². The summed E-state index contributed by atoms with van der Waals surface area (Å²) in [6, 6.07) is 0. The summed E-state index contributed by atoms with van der Waals surface area (Å²) in [6.07, 6.45) is 1.25. The Balaban J connectivity index is 4.44. The van der Waals surface area contributed by atoms with E-state index in [0.29, 0.717) is 13.0 Å². The smallest absolute Gasteiger partial charge is 0.239 e. The van der Waals surface area contributed by atoms with Crippen molar-refractivity contribution in [2.75, 3.05) is 20.1 Å². The highest BCUT2D eigenvalue weighted by molar-refractivity contribution is 6.02. The van der Waals surface area contributed by atoms with Crippen LogP contribution < -0.4 is 11.1 Å². The Bertz CT molecular complexity index is 317. The predicted octanol–water partition coefficient (Wildman–Crippen LogP) is -0.256. The number of hydrogen-bond acceptors (Lipinski definition) is 4. The standard InChI is InChI=1S/C11H22N4O3/c1-4-6-13-9(16)7-15(3)11(17)8(5-2)10(12)14-18/h8,18H,4-7H2,1-3H3,(H2,12,14)(H,13,16). The van der Waals surface area contributed by atoms with E-state index in [-0.39, 0.29) is 24.2 Å². The second kappa shape index (κ2) is 8.32. The van der Waals surface area contributed by atoms with Crippen LogP contribution in [0.25, 0.3) is 0 Å². The number of amides is 2. The number of oxime groups is 1. The first kappa shape index (κ1) is 16.2. The molecule has 0 rings (SSSR count). The lowest BCUT2D eigenvalue weighted by Crippen LogP contribution is -2.44. The maximum Gasteiger partial charge on any atom is 0.239 e. The van der Waals surface area contributed by atoms with Crippen LogP contribution in [0.4, 0.5) is 0 Å². The molecule has 0 radical (unpaired) electrons. The van der Waals surface area contributed by atoms with Crippen molar-refractivity contribution < 1.29 is 14.8 Å². The highest BCUT2D eigenvalue weighted by Gasteiger charge is 2.25. The van der Waals surface area contributed by atoms with Gasteiger partial charge >= 0.3 is 0 Å². The van der Waals surface area contributed by atoms with Gasteiger partial charge in [-0.15, -0.1) is 0 Å². The molecule has 0 heterocycles. The van der Waals surface area contributed by atoms with E-state index in [1.54, 1.807) is 6.92 Å². The summed E-state index contributed by atoms with van der Waals surface area (Å²) in [5.41, 5.74) is 5.43. The van der Waals surface area contributed by atoms with Crippen molar-refractivity contribution in [2.45, 2.75) is 26.7 Å². The molecule has 7 heteroatoms. The molecule has 7 nitrogen and oxygen atoms in total. The summed E-state index contributed by atoms with van der Waals surface area (Å²) in [5, 5.41) is 14.1. The minimum Gasteiger partial charge on any atom is -0.409 e. The van der Waals surface area contributed by atoms with Gasteiger partial charge in [0.05, 0.1) is 12.5 Å². The normalized spacial score (nSPS) is 12.9. The minimum atomic E-state index is -0.695. The number of carbonyl (C=O) groups is 2. The van der Waals surface area contributed by atoms with Crippen molar-refractivity contribution >= 4 is 17.6 Å². The monoisotopic (exact) mass is 258 g/mol. The quantitative estimate of drug-likeness (QED) is 0.253. The van der Waals surface area contributed by atoms with Crippen LogP contribution >= 0.6 is 0 Å². The maximum absolute atomic E-state index is 12.0.